The number of ether oxygens (including phenoxy) is 1. The predicted octanol–water partition coefficient (Wildman–Crippen LogP) is 0.386. The van der Waals surface area contributed by atoms with Crippen LogP contribution in [0.25, 0.3) is 0 Å². The van der Waals surface area contributed by atoms with Crippen molar-refractivity contribution in [3.63, 3.8) is 0 Å². The van der Waals surface area contributed by atoms with Gasteiger partial charge in [-0.25, -0.2) is 9.97 Å². The maximum absolute atomic E-state index is 10.9. The number of aromatic nitrogens is 2. The number of nitrogens with one attached hydrogen (secondary N) is 1. The molecule has 1 atom stereocenters. The molecule has 0 aliphatic rings. The Balaban J connectivity index is 2.49. The fraction of sp³-hybridized carbons (Fsp3) is 0.600. The second kappa shape index (κ2) is 7.18. The molecule has 0 aromatic carbocycles. The molecule has 7 heteroatoms. The van der Waals surface area contributed by atoms with Gasteiger partial charge >= 0.3 is 0 Å². The minimum Gasteiger partial charge on any atom is -0.384 e. The zero-order valence-corrected chi connectivity index (χ0v) is 10.9. The van der Waals surface area contributed by atoms with E-state index in [1.165, 1.54) is 0 Å². The lowest BCUT2D eigenvalue weighted by atomic mass is 10.4. The van der Waals surface area contributed by atoms with E-state index in [2.05, 4.69) is 15.3 Å². The average Bonchev–Trinajstić information content (AvgIpc) is 2.24. The largest absolute Gasteiger partial charge is 0.384 e. The highest BCUT2D eigenvalue weighted by Crippen LogP contribution is 2.08. The van der Waals surface area contributed by atoms with Gasteiger partial charge in [0, 0.05) is 42.5 Å². The van der Waals surface area contributed by atoms with Crippen LogP contribution in [-0.2, 0) is 22.1 Å². The van der Waals surface area contributed by atoms with Crippen LogP contribution in [-0.4, -0.2) is 39.8 Å². The molecule has 1 aromatic rings. The molecular weight excluding hydrogens is 240 g/mol. The fourth-order valence-corrected chi connectivity index (χ4v) is 1.84. The zero-order chi connectivity index (χ0) is 12.7. The molecule has 17 heavy (non-hydrogen) atoms. The topological polar surface area (TPSA) is 90.1 Å². The first kappa shape index (κ1) is 13.9. The Labute approximate surface area is 103 Å². The van der Waals surface area contributed by atoms with Gasteiger partial charge in [0.2, 0.25) is 0 Å². The van der Waals surface area contributed by atoms with Gasteiger partial charge in [0.15, 0.2) is 5.82 Å². The number of rotatable bonds is 7. The van der Waals surface area contributed by atoms with Crippen LogP contribution in [0.5, 0.6) is 0 Å². The molecule has 0 saturated carbocycles. The molecule has 1 aromatic heterocycles. The normalized spacial score (nSPS) is 12.4. The van der Waals surface area contributed by atoms with Crippen LogP contribution in [0.2, 0.25) is 0 Å². The van der Waals surface area contributed by atoms with Crippen molar-refractivity contribution in [3.05, 3.63) is 11.9 Å². The molecule has 0 aliphatic heterocycles. The Morgan fingerprint density at radius 2 is 2.29 bits per heavy atom. The summed E-state index contributed by atoms with van der Waals surface area (Å²) in [6.07, 6.45) is 2.52. The van der Waals surface area contributed by atoms with Gasteiger partial charge in [0.05, 0.1) is 0 Å². The number of nitrogens with two attached hydrogens (primary N) is 1. The molecule has 1 heterocycles. The molecule has 6 nitrogen and oxygen atoms in total. The smallest absolute Gasteiger partial charge is 0.158 e. The van der Waals surface area contributed by atoms with Crippen molar-refractivity contribution in [2.45, 2.75) is 13.0 Å². The van der Waals surface area contributed by atoms with Crippen molar-refractivity contribution in [2.24, 2.45) is 0 Å². The molecule has 0 fully saturated rings. The van der Waals surface area contributed by atoms with E-state index in [0.29, 0.717) is 36.4 Å². The second-order valence-electron chi connectivity index (χ2n) is 3.58. The SMILES string of the molecule is COCc1nc(N)cc(NCCCS(C)=O)n1. The van der Waals surface area contributed by atoms with Crippen LogP contribution in [0.15, 0.2) is 6.07 Å². The molecule has 0 amide bonds. The van der Waals surface area contributed by atoms with Crippen LogP contribution < -0.4 is 11.1 Å². The summed E-state index contributed by atoms with van der Waals surface area (Å²) in [6.45, 7) is 1.04. The standard InChI is InChI=1S/C10H18N4O2S/c1-16-7-10-13-8(11)6-9(14-10)12-4-3-5-17(2)15/h6H,3-5,7H2,1-2H3,(H3,11,12,13,14). The van der Waals surface area contributed by atoms with Gasteiger partial charge in [-0.1, -0.05) is 0 Å². The highest BCUT2D eigenvalue weighted by molar-refractivity contribution is 7.84. The summed E-state index contributed by atoms with van der Waals surface area (Å²) in [5.74, 6) is 2.31. The number of hydrogen-bond donors (Lipinski definition) is 2. The van der Waals surface area contributed by atoms with E-state index in [4.69, 9.17) is 10.5 Å². The average molecular weight is 258 g/mol. The first-order valence-electron chi connectivity index (χ1n) is 5.28. The van der Waals surface area contributed by atoms with Gasteiger partial charge in [-0.05, 0) is 6.42 Å². The van der Waals surface area contributed by atoms with Crippen molar-refractivity contribution in [1.29, 1.82) is 0 Å². The molecule has 1 unspecified atom stereocenters. The number of methoxy groups -OCH3 is 1. The maximum atomic E-state index is 10.9. The summed E-state index contributed by atoms with van der Waals surface area (Å²) in [5.41, 5.74) is 5.65. The lowest BCUT2D eigenvalue weighted by Crippen LogP contribution is -2.10. The third kappa shape index (κ3) is 5.60. The minimum absolute atomic E-state index is 0.332. The van der Waals surface area contributed by atoms with Crippen molar-refractivity contribution in [3.8, 4) is 0 Å². The summed E-state index contributed by atoms with van der Waals surface area (Å²) in [6, 6.07) is 1.67. The molecule has 0 bridgehead atoms. The lowest BCUT2D eigenvalue weighted by molar-refractivity contribution is 0.178. The summed E-state index contributed by atoms with van der Waals surface area (Å²) in [4.78, 5) is 8.27. The Hall–Kier alpha value is -1.21. The van der Waals surface area contributed by atoms with Crippen LogP contribution in [0.3, 0.4) is 0 Å². The highest BCUT2D eigenvalue weighted by atomic mass is 32.2. The maximum Gasteiger partial charge on any atom is 0.158 e. The number of hydrogen-bond acceptors (Lipinski definition) is 6. The van der Waals surface area contributed by atoms with Crippen LogP contribution in [0.1, 0.15) is 12.2 Å². The monoisotopic (exact) mass is 258 g/mol. The number of nitrogen functional groups attached to an aromatic ring is 1. The van der Waals surface area contributed by atoms with Crippen LogP contribution in [0.4, 0.5) is 11.6 Å². The van der Waals surface area contributed by atoms with Crippen molar-refractivity contribution < 1.29 is 8.95 Å². The second-order valence-corrected chi connectivity index (χ2v) is 5.14. The van der Waals surface area contributed by atoms with E-state index in [1.54, 1.807) is 19.4 Å². The molecule has 3 N–H and O–H groups in total. The summed E-state index contributed by atoms with van der Waals surface area (Å²) in [7, 11) is 0.827. The van der Waals surface area contributed by atoms with Crippen LogP contribution in [0, 0.1) is 0 Å². The van der Waals surface area contributed by atoms with Gasteiger partial charge in [-0.15, -0.1) is 0 Å². The summed E-state index contributed by atoms with van der Waals surface area (Å²) >= 11 is 0. The Bertz CT molecular complexity index is 387. The zero-order valence-electron chi connectivity index (χ0n) is 10.1. The molecule has 0 radical (unpaired) electrons. The summed E-state index contributed by atoms with van der Waals surface area (Å²) < 4.78 is 15.8. The first-order chi connectivity index (χ1) is 8.11. The van der Waals surface area contributed by atoms with Crippen molar-refractivity contribution in [1.82, 2.24) is 9.97 Å². The van der Waals surface area contributed by atoms with E-state index in [9.17, 15) is 4.21 Å². The third-order valence-corrected chi connectivity index (χ3v) is 2.84. The Morgan fingerprint density at radius 3 is 2.94 bits per heavy atom. The molecule has 96 valence electrons. The number of anilines is 2. The van der Waals surface area contributed by atoms with Gasteiger partial charge in [-0.3, -0.25) is 4.21 Å². The van der Waals surface area contributed by atoms with E-state index in [1.807, 2.05) is 0 Å². The van der Waals surface area contributed by atoms with E-state index in [-0.39, 0.29) is 0 Å². The van der Waals surface area contributed by atoms with Crippen molar-refractivity contribution in [2.75, 3.05) is 36.7 Å². The third-order valence-electron chi connectivity index (χ3n) is 1.98. The van der Waals surface area contributed by atoms with E-state index in [0.717, 1.165) is 6.42 Å². The van der Waals surface area contributed by atoms with Gasteiger partial charge < -0.3 is 15.8 Å². The molecule has 0 spiro atoms. The molecular formula is C10H18N4O2S. The summed E-state index contributed by atoms with van der Waals surface area (Å²) in [5, 5.41) is 3.12. The predicted molar refractivity (Wildman–Crippen MR) is 69.2 cm³/mol. The molecule has 1 rings (SSSR count). The van der Waals surface area contributed by atoms with Crippen LogP contribution >= 0.6 is 0 Å². The van der Waals surface area contributed by atoms with Gasteiger partial charge in [0.25, 0.3) is 0 Å². The molecule has 0 aliphatic carbocycles. The Morgan fingerprint density at radius 1 is 1.53 bits per heavy atom. The fourth-order valence-electron chi connectivity index (χ4n) is 1.29. The number of nitrogens with zero attached hydrogens (tertiary/aromatic N) is 2. The minimum atomic E-state index is -0.753. The Kier molecular flexibility index (Phi) is 5.85. The van der Waals surface area contributed by atoms with Gasteiger partial charge in [0.1, 0.15) is 18.2 Å². The van der Waals surface area contributed by atoms with Crippen molar-refractivity contribution >= 4 is 22.4 Å². The first-order valence-corrected chi connectivity index (χ1v) is 7.01. The van der Waals surface area contributed by atoms with E-state index >= 15 is 0 Å². The lowest BCUT2D eigenvalue weighted by Gasteiger charge is -2.07. The molecule has 0 saturated heterocycles. The van der Waals surface area contributed by atoms with E-state index < -0.39 is 10.8 Å². The van der Waals surface area contributed by atoms with Gasteiger partial charge in [-0.2, -0.15) is 0 Å². The highest BCUT2D eigenvalue weighted by Gasteiger charge is 2.02. The quantitative estimate of drug-likeness (QED) is 0.687.